The van der Waals surface area contributed by atoms with Gasteiger partial charge >= 0.3 is 6.01 Å². The Morgan fingerprint density at radius 3 is 2.84 bits per heavy atom. The molecule has 2 N–H and O–H groups in total. The number of halogens is 4. The highest BCUT2D eigenvalue weighted by Gasteiger charge is 2.49. The third-order valence-corrected chi connectivity index (χ3v) is 9.07. The van der Waals surface area contributed by atoms with Gasteiger partial charge in [0.2, 0.25) is 0 Å². The van der Waals surface area contributed by atoms with Crippen LogP contribution in [0.1, 0.15) is 24.8 Å². The standard InChI is InChI=1S/C33H31F4N5O2/c1-2-20-5-3-6-21-13-23(43)14-26(27(20)21)24-7-8-25-29(28(24)35)39-31(40-30(25)41-12-10-38-17-33(36,37)18-41)44-19-32-9-4-11-42(32)16-22(34)15-32/h1,3,5-8,13-14,22,38,43H,4,9-12,15-19H2/t22-,32+/m1/s1. The molecule has 2 atom stereocenters. The van der Waals surface area contributed by atoms with Crippen LogP contribution in [0.2, 0.25) is 0 Å². The molecule has 0 aliphatic carbocycles. The van der Waals surface area contributed by atoms with E-state index < -0.39 is 36.5 Å². The minimum Gasteiger partial charge on any atom is -0.508 e. The Labute approximate surface area is 251 Å². The Hall–Kier alpha value is -4.14. The summed E-state index contributed by atoms with van der Waals surface area (Å²) in [5, 5.41) is 14.7. The highest BCUT2D eigenvalue weighted by Crippen LogP contribution is 2.42. The lowest BCUT2D eigenvalue weighted by molar-refractivity contribution is 0.0156. The first-order valence-electron chi connectivity index (χ1n) is 14.7. The second-order valence-corrected chi connectivity index (χ2v) is 12.0. The van der Waals surface area contributed by atoms with Gasteiger partial charge in [-0.2, -0.15) is 9.97 Å². The minimum absolute atomic E-state index is 0.0732. The molecular weight excluding hydrogens is 574 g/mol. The third kappa shape index (κ3) is 4.96. The normalized spacial score (nSPS) is 23.5. The summed E-state index contributed by atoms with van der Waals surface area (Å²) in [6.45, 7) is 0.558. The Morgan fingerprint density at radius 2 is 2.00 bits per heavy atom. The van der Waals surface area contributed by atoms with E-state index in [1.54, 1.807) is 30.3 Å². The Bertz CT molecular complexity index is 1810. The van der Waals surface area contributed by atoms with Gasteiger partial charge in [-0.15, -0.1) is 6.42 Å². The number of phenols is 1. The average Bonchev–Trinajstić information content (AvgIpc) is 3.45. The summed E-state index contributed by atoms with van der Waals surface area (Å²) in [4.78, 5) is 12.5. The number of benzene rings is 3. The molecule has 0 amide bonds. The largest absolute Gasteiger partial charge is 0.508 e. The maximum Gasteiger partial charge on any atom is 0.319 e. The predicted octanol–water partition coefficient (Wildman–Crippen LogP) is 5.28. The van der Waals surface area contributed by atoms with Gasteiger partial charge in [-0.25, -0.2) is 17.6 Å². The van der Waals surface area contributed by atoms with Gasteiger partial charge in [0, 0.05) is 48.0 Å². The molecule has 1 aromatic heterocycles. The van der Waals surface area contributed by atoms with Crippen LogP contribution in [0.25, 0.3) is 32.8 Å². The molecule has 0 unspecified atom stereocenters. The van der Waals surface area contributed by atoms with Crippen molar-refractivity contribution in [3.8, 4) is 35.2 Å². The van der Waals surface area contributed by atoms with E-state index in [-0.39, 0.29) is 53.7 Å². The quantitative estimate of drug-likeness (QED) is 0.237. The number of aromatic hydroxyl groups is 1. The maximum absolute atomic E-state index is 16.7. The van der Waals surface area contributed by atoms with Crippen molar-refractivity contribution < 1.29 is 27.4 Å². The van der Waals surface area contributed by atoms with Gasteiger partial charge in [-0.3, -0.25) is 4.90 Å². The number of aromatic nitrogens is 2. The number of anilines is 1. The average molecular weight is 606 g/mol. The molecule has 7 rings (SSSR count). The van der Waals surface area contributed by atoms with Crippen molar-refractivity contribution in [1.82, 2.24) is 20.2 Å². The molecule has 3 saturated heterocycles. The molecule has 0 spiro atoms. The van der Waals surface area contributed by atoms with Crippen LogP contribution in [0.15, 0.2) is 42.5 Å². The summed E-state index contributed by atoms with van der Waals surface area (Å²) >= 11 is 0. The van der Waals surface area contributed by atoms with Crippen LogP contribution in [0, 0.1) is 18.2 Å². The van der Waals surface area contributed by atoms with Gasteiger partial charge in [0.15, 0.2) is 5.82 Å². The van der Waals surface area contributed by atoms with Crippen LogP contribution in [-0.2, 0) is 0 Å². The molecule has 4 heterocycles. The van der Waals surface area contributed by atoms with Crippen molar-refractivity contribution in [2.45, 2.75) is 36.9 Å². The van der Waals surface area contributed by atoms with Gasteiger partial charge in [0.25, 0.3) is 5.92 Å². The zero-order valence-electron chi connectivity index (χ0n) is 23.9. The Morgan fingerprint density at radius 1 is 1.14 bits per heavy atom. The molecule has 3 aliphatic rings. The van der Waals surface area contributed by atoms with E-state index in [2.05, 4.69) is 26.1 Å². The lowest BCUT2D eigenvalue weighted by Gasteiger charge is -2.31. The minimum atomic E-state index is -3.05. The molecule has 3 fully saturated rings. The van der Waals surface area contributed by atoms with Crippen molar-refractivity contribution in [1.29, 1.82) is 0 Å². The number of fused-ring (bicyclic) bond motifs is 3. The van der Waals surface area contributed by atoms with Gasteiger partial charge in [0.1, 0.15) is 29.9 Å². The summed E-state index contributed by atoms with van der Waals surface area (Å²) in [5.41, 5.74) is 0.377. The number of hydrogen-bond acceptors (Lipinski definition) is 7. The van der Waals surface area contributed by atoms with Crippen LogP contribution < -0.4 is 15.0 Å². The smallest absolute Gasteiger partial charge is 0.319 e. The van der Waals surface area contributed by atoms with Crippen LogP contribution in [-0.4, -0.2) is 83.5 Å². The predicted molar refractivity (Wildman–Crippen MR) is 161 cm³/mol. The number of terminal acetylenes is 1. The van der Waals surface area contributed by atoms with E-state index in [0.29, 0.717) is 34.9 Å². The number of nitrogens with one attached hydrogen (secondary N) is 1. The van der Waals surface area contributed by atoms with Crippen LogP contribution in [0.4, 0.5) is 23.4 Å². The molecule has 4 aromatic rings. The van der Waals surface area contributed by atoms with Crippen molar-refractivity contribution in [3.63, 3.8) is 0 Å². The SMILES string of the molecule is C#Cc1cccc2cc(O)cc(-c3ccc4c(N5CCNCC(F)(F)C5)nc(OC[C@@]56CCCN5C[C@H](F)C6)nc4c3F)c12. The first kappa shape index (κ1) is 28.6. The molecule has 0 radical (unpaired) electrons. The Balaban J connectivity index is 1.38. The van der Waals surface area contributed by atoms with Crippen molar-refractivity contribution in [2.24, 2.45) is 0 Å². The van der Waals surface area contributed by atoms with Crippen molar-refractivity contribution in [2.75, 3.05) is 50.8 Å². The maximum atomic E-state index is 16.7. The first-order chi connectivity index (χ1) is 21.2. The van der Waals surface area contributed by atoms with Crippen LogP contribution in [0.5, 0.6) is 11.8 Å². The molecule has 3 aliphatic heterocycles. The lowest BCUT2D eigenvalue weighted by Crippen LogP contribution is -2.43. The summed E-state index contributed by atoms with van der Waals surface area (Å²) in [7, 11) is 0. The summed E-state index contributed by atoms with van der Waals surface area (Å²) in [6.07, 6.45) is 6.78. The topological polar surface area (TPSA) is 73.8 Å². The zero-order valence-corrected chi connectivity index (χ0v) is 23.9. The fourth-order valence-corrected chi connectivity index (χ4v) is 7.11. The van der Waals surface area contributed by atoms with E-state index in [9.17, 15) is 18.3 Å². The zero-order chi connectivity index (χ0) is 30.6. The van der Waals surface area contributed by atoms with Gasteiger partial charge in [-0.05, 0) is 54.6 Å². The first-order valence-corrected chi connectivity index (χ1v) is 14.7. The number of alkyl halides is 3. The van der Waals surface area contributed by atoms with E-state index in [4.69, 9.17) is 11.2 Å². The van der Waals surface area contributed by atoms with Crippen molar-refractivity contribution >= 4 is 27.5 Å². The molecule has 11 heteroatoms. The monoisotopic (exact) mass is 605 g/mol. The number of nitrogens with zero attached hydrogens (tertiary/aromatic N) is 4. The van der Waals surface area contributed by atoms with E-state index in [1.807, 2.05) is 0 Å². The van der Waals surface area contributed by atoms with Gasteiger partial charge in [-0.1, -0.05) is 24.1 Å². The summed E-state index contributed by atoms with van der Waals surface area (Å²) in [6, 6.07) is 11.2. The van der Waals surface area contributed by atoms with Crippen LogP contribution >= 0.6 is 0 Å². The Kier molecular flexibility index (Phi) is 7.02. The fraction of sp³-hybridized carbons (Fsp3) is 0.394. The van der Waals surface area contributed by atoms with Gasteiger partial charge in [0.05, 0.1) is 18.6 Å². The van der Waals surface area contributed by atoms with Crippen LogP contribution in [0.3, 0.4) is 0 Å². The summed E-state index contributed by atoms with van der Waals surface area (Å²) in [5.74, 6) is -1.11. The highest BCUT2D eigenvalue weighted by atomic mass is 19.3. The van der Waals surface area contributed by atoms with E-state index in [0.717, 1.165) is 19.4 Å². The van der Waals surface area contributed by atoms with E-state index >= 15 is 4.39 Å². The molecule has 0 bridgehead atoms. The molecule has 3 aromatic carbocycles. The fourth-order valence-electron chi connectivity index (χ4n) is 7.11. The molecule has 228 valence electrons. The van der Waals surface area contributed by atoms with E-state index in [1.165, 1.54) is 17.0 Å². The number of hydrogen-bond donors (Lipinski definition) is 2. The highest BCUT2D eigenvalue weighted by molar-refractivity contribution is 6.04. The molecular formula is C33H31F4N5O2. The second-order valence-electron chi connectivity index (χ2n) is 12.0. The number of rotatable bonds is 5. The number of ether oxygens (including phenoxy) is 1. The molecule has 7 nitrogen and oxygen atoms in total. The second kappa shape index (κ2) is 10.8. The third-order valence-electron chi connectivity index (χ3n) is 9.07. The number of phenolic OH excluding ortho intramolecular Hbond substituents is 1. The molecule has 44 heavy (non-hydrogen) atoms. The lowest BCUT2D eigenvalue weighted by atomic mass is 9.93. The van der Waals surface area contributed by atoms with Gasteiger partial charge < -0.3 is 20.1 Å². The van der Waals surface area contributed by atoms with Crippen molar-refractivity contribution in [3.05, 3.63) is 53.8 Å². The summed E-state index contributed by atoms with van der Waals surface area (Å²) < 4.78 is 66.7. The molecule has 0 saturated carbocycles.